The summed E-state index contributed by atoms with van der Waals surface area (Å²) in [6.07, 6.45) is -0.826. The summed E-state index contributed by atoms with van der Waals surface area (Å²) in [6, 6.07) is 2.88. The Hall–Kier alpha value is -0.930. The molecule has 4 heteroatoms. The Morgan fingerprint density at radius 2 is 1.83 bits per heavy atom. The van der Waals surface area contributed by atoms with Gasteiger partial charge in [0.15, 0.2) is 11.5 Å². The van der Waals surface area contributed by atoms with Gasteiger partial charge in [0.1, 0.15) is 0 Å². The normalized spacial score (nSPS) is 12.9. The standard InChI is InChI=1S/C8H9ClO3/c1-4(10)5-2-3-6(9)8(12)7(5)11/h2-4,10-12H,1H3. The van der Waals surface area contributed by atoms with Crippen molar-refractivity contribution in [3.63, 3.8) is 0 Å². The van der Waals surface area contributed by atoms with Crippen LogP contribution in [0.4, 0.5) is 0 Å². The zero-order valence-corrected chi connectivity index (χ0v) is 7.21. The predicted octanol–water partition coefficient (Wildman–Crippen LogP) is 1.80. The fourth-order valence-electron chi connectivity index (χ4n) is 0.908. The van der Waals surface area contributed by atoms with E-state index in [1.165, 1.54) is 19.1 Å². The first kappa shape index (κ1) is 9.16. The highest BCUT2D eigenvalue weighted by Gasteiger charge is 2.13. The van der Waals surface area contributed by atoms with Crippen molar-refractivity contribution in [1.82, 2.24) is 0 Å². The zero-order chi connectivity index (χ0) is 9.30. The van der Waals surface area contributed by atoms with E-state index < -0.39 is 11.9 Å². The summed E-state index contributed by atoms with van der Waals surface area (Å²) in [5.41, 5.74) is 0.261. The molecule has 0 heterocycles. The molecule has 0 aromatic heterocycles. The fourth-order valence-corrected chi connectivity index (χ4v) is 1.06. The first-order valence-corrected chi connectivity index (χ1v) is 3.80. The largest absolute Gasteiger partial charge is 0.504 e. The minimum Gasteiger partial charge on any atom is -0.504 e. The van der Waals surface area contributed by atoms with E-state index in [9.17, 15) is 5.11 Å². The lowest BCUT2D eigenvalue weighted by atomic mass is 10.1. The van der Waals surface area contributed by atoms with Crippen LogP contribution in [0, 0.1) is 0 Å². The Kier molecular flexibility index (Phi) is 2.45. The van der Waals surface area contributed by atoms with Crippen LogP contribution in [0.2, 0.25) is 5.02 Å². The van der Waals surface area contributed by atoms with Crippen molar-refractivity contribution >= 4 is 11.6 Å². The van der Waals surface area contributed by atoms with Crippen LogP contribution >= 0.6 is 11.6 Å². The Bertz CT molecular complexity index is 297. The molecule has 0 saturated carbocycles. The van der Waals surface area contributed by atoms with Gasteiger partial charge in [0.25, 0.3) is 0 Å². The molecular weight excluding hydrogens is 180 g/mol. The van der Waals surface area contributed by atoms with Crippen LogP contribution in [0.1, 0.15) is 18.6 Å². The molecule has 3 N–H and O–H groups in total. The van der Waals surface area contributed by atoms with Crippen LogP contribution in [0.15, 0.2) is 12.1 Å². The van der Waals surface area contributed by atoms with Crippen molar-refractivity contribution in [2.24, 2.45) is 0 Å². The molecule has 0 saturated heterocycles. The van der Waals surface area contributed by atoms with Gasteiger partial charge in [0.05, 0.1) is 11.1 Å². The second kappa shape index (κ2) is 3.21. The van der Waals surface area contributed by atoms with Crippen molar-refractivity contribution < 1.29 is 15.3 Å². The van der Waals surface area contributed by atoms with E-state index >= 15 is 0 Å². The fraction of sp³-hybridized carbons (Fsp3) is 0.250. The van der Waals surface area contributed by atoms with E-state index in [2.05, 4.69) is 0 Å². The molecule has 0 aliphatic carbocycles. The number of hydrogen-bond donors (Lipinski definition) is 3. The first-order chi connectivity index (χ1) is 5.54. The van der Waals surface area contributed by atoms with Gasteiger partial charge in [-0.2, -0.15) is 0 Å². The van der Waals surface area contributed by atoms with Crippen LogP contribution in [-0.4, -0.2) is 15.3 Å². The molecule has 1 atom stereocenters. The van der Waals surface area contributed by atoms with Crippen molar-refractivity contribution in [1.29, 1.82) is 0 Å². The second-order valence-corrected chi connectivity index (χ2v) is 2.92. The van der Waals surface area contributed by atoms with E-state index in [4.69, 9.17) is 21.8 Å². The number of phenols is 2. The number of halogens is 1. The molecule has 1 aromatic carbocycles. The summed E-state index contributed by atoms with van der Waals surface area (Å²) in [7, 11) is 0. The van der Waals surface area contributed by atoms with E-state index in [0.717, 1.165) is 0 Å². The molecule has 12 heavy (non-hydrogen) atoms. The van der Waals surface area contributed by atoms with Crippen molar-refractivity contribution in [2.75, 3.05) is 0 Å². The number of hydrogen-bond acceptors (Lipinski definition) is 3. The number of aliphatic hydroxyl groups is 1. The number of phenolic OH excluding ortho intramolecular Hbond substituents is 2. The smallest absolute Gasteiger partial charge is 0.176 e. The van der Waals surface area contributed by atoms with Gasteiger partial charge in [0.2, 0.25) is 0 Å². The average molecular weight is 189 g/mol. The third kappa shape index (κ3) is 1.47. The number of benzene rings is 1. The number of rotatable bonds is 1. The molecule has 0 fully saturated rings. The minimum atomic E-state index is -0.826. The quantitative estimate of drug-likeness (QED) is 0.589. The molecule has 1 aromatic rings. The maximum absolute atomic E-state index is 9.25. The molecule has 0 aliphatic heterocycles. The van der Waals surface area contributed by atoms with Gasteiger partial charge in [-0.15, -0.1) is 0 Å². The topological polar surface area (TPSA) is 60.7 Å². The molecule has 0 bridgehead atoms. The number of aromatic hydroxyl groups is 2. The SMILES string of the molecule is CC(O)c1ccc(Cl)c(O)c1O. The monoisotopic (exact) mass is 188 g/mol. The lowest BCUT2D eigenvalue weighted by molar-refractivity contribution is 0.194. The summed E-state index contributed by atoms with van der Waals surface area (Å²) in [5, 5.41) is 27.6. The summed E-state index contributed by atoms with van der Waals surface area (Å²) in [6.45, 7) is 1.49. The van der Waals surface area contributed by atoms with Gasteiger partial charge >= 0.3 is 0 Å². The number of aliphatic hydroxyl groups excluding tert-OH is 1. The van der Waals surface area contributed by atoms with Gasteiger partial charge in [-0.3, -0.25) is 0 Å². The summed E-state index contributed by atoms with van der Waals surface area (Å²) in [5.74, 6) is -0.757. The third-order valence-electron chi connectivity index (χ3n) is 1.58. The Morgan fingerprint density at radius 3 is 2.33 bits per heavy atom. The summed E-state index contributed by atoms with van der Waals surface area (Å²) >= 11 is 5.50. The van der Waals surface area contributed by atoms with Gasteiger partial charge in [0, 0.05) is 5.56 Å². The maximum Gasteiger partial charge on any atom is 0.176 e. The summed E-state index contributed by atoms with van der Waals surface area (Å²) in [4.78, 5) is 0. The highest BCUT2D eigenvalue weighted by Crippen LogP contribution is 2.38. The molecule has 66 valence electrons. The molecule has 0 aliphatic rings. The maximum atomic E-state index is 9.25. The van der Waals surface area contributed by atoms with E-state index in [1.807, 2.05) is 0 Å². The van der Waals surface area contributed by atoms with Gasteiger partial charge in [-0.25, -0.2) is 0 Å². The minimum absolute atomic E-state index is 0.0666. The van der Waals surface area contributed by atoms with Crippen molar-refractivity contribution in [3.05, 3.63) is 22.7 Å². The molecule has 0 amide bonds. The Balaban J connectivity index is 3.27. The lowest BCUT2D eigenvalue weighted by Gasteiger charge is -2.08. The molecular formula is C8H9ClO3. The van der Waals surface area contributed by atoms with Gasteiger partial charge in [-0.1, -0.05) is 17.7 Å². The van der Waals surface area contributed by atoms with Crippen LogP contribution in [0.5, 0.6) is 11.5 Å². The zero-order valence-electron chi connectivity index (χ0n) is 6.45. The highest BCUT2D eigenvalue weighted by molar-refractivity contribution is 6.32. The van der Waals surface area contributed by atoms with Crippen LogP contribution < -0.4 is 0 Å². The Labute approximate surface area is 74.8 Å². The van der Waals surface area contributed by atoms with E-state index in [0.29, 0.717) is 0 Å². The van der Waals surface area contributed by atoms with E-state index in [-0.39, 0.29) is 16.3 Å². The predicted molar refractivity (Wildman–Crippen MR) is 45.4 cm³/mol. The second-order valence-electron chi connectivity index (χ2n) is 2.51. The van der Waals surface area contributed by atoms with E-state index in [1.54, 1.807) is 0 Å². The van der Waals surface area contributed by atoms with Crippen molar-refractivity contribution in [3.8, 4) is 11.5 Å². The van der Waals surface area contributed by atoms with Gasteiger partial charge in [-0.05, 0) is 13.0 Å². The van der Waals surface area contributed by atoms with Crippen LogP contribution in [0.25, 0.3) is 0 Å². The molecule has 1 rings (SSSR count). The third-order valence-corrected chi connectivity index (χ3v) is 1.89. The van der Waals surface area contributed by atoms with Crippen molar-refractivity contribution in [2.45, 2.75) is 13.0 Å². The van der Waals surface area contributed by atoms with Crippen LogP contribution in [0.3, 0.4) is 0 Å². The lowest BCUT2D eigenvalue weighted by Crippen LogP contribution is -1.91. The van der Waals surface area contributed by atoms with Crippen LogP contribution in [-0.2, 0) is 0 Å². The molecule has 0 radical (unpaired) electrons. The highest BCUT2D eigenvalue weighted by atomic mass is 35.5. The van der Waals surface area contributed by atoms with Gasteiger partial charge < -0.3 is 15.3 Å². The summed E-state index contributed by atoms with van der Waals surface area (Å²) < 4.78 is 0. The molecule has 0 spiro atoms. The average Bonchev–Trinajstić information content (AvgIpc) is 2.00. The molecule has 1 unspecified atom stereocenters. The molecule has 3 nitrogen and oxygen atoms in total. The Morgan fingerprint density at radius 1 is 1.25 bits per heavy atom. The first-order valence-electron chi connectivity index (χ1n) is 3.42.